The summed E-state index contributed by atoms with van der Waals surface area (Å²) in [5, 5.41) is 2.63. The predicted octanol–water partition coefficient (Wildman–Crippen LogP) is 0.147. The Morgan fingerprint density at radius 3 is 2.67 bits per heavy atom. The molecule has 0 aromatic rings. The van der Waals surface area contributed by atoms with Gasteiger partial charge in [-0.05, 0) is 18.8 Å². The van der Waals surface area contributed by atoms with Gasteiger partial charge in [-0.25, -0.2) is 0 Å². The highest BCUT2D eigenvalue weighted by molar-refractivity contribution is 5.87. The molecule has 21 heavy (non-hydrogen) atoms. The number of ether oxygens (including phenoxy) is 1. The smallest absolute Gasteiger partial charge is 0.241 e. The Morgan fingerprint density at radius 2 is 2.10 bits per heavy atom. The number of carbonyl (C=O) groups excluding carboxylic acids is 2. The maximum atomic E-state index is 12.1. The molecule has 6 nitrogen and oxygen atoms in total. The van der Waals surface area contributed by atoms with Crippen LogP contribution in [0, 0.1) is 11.3 Å². The van der Waals surface area contributed by atoms with Crippen LogP contribution < -0.4 is 11.1 Å². The van der Waals surface area contributed by atoms with Crippen LogP contribution in [0.5, 0.6) is 0 Å². The van der Waals surface area contributed by atoms with E-state index in [0.29, 0.717) is 0 Å². The highest BCUT2D eigenvalue weighted by Gasteiger charge is 2.42. The summed E-state index contributed by atoms with van der Waals surface area (Å²) in [5.74, 6) is -0.222. The predicted molar refractivity (Wildman–Crippen MR) is 82.1 cm³/mol. The molecule has 0 bridgehead atoms. The number of amides is 2. The van der Waals surface area contributed by atoms with Crippen molar-refractivity contribution < 1.29 is 14.3 Å². The monoisotopic (exact) mass is 319 g/mol. The lowest BCUT2D eigenvalue weighted by Gasteiger charge is -2.22. The summed E-state index contributed by atoms with van der Waals surface area (Å²) < 4.78 is 5.44. The molecule has 122 valence electrons. The zero-order valence-corrected chi connectivity index (χ0v) is 13.6. The van der Waals surface area contributed by atoms with E-state index < -0.39 is 6.04 Å². The van der Waals surface area contributed by atoms with E-state index in [1.54, 1.807) is 0 Å². The number of nitrogens with one attached hydrogen (secondary N) is 1. The number of halogens is 1. The average molecular weight is 320 g/mol. The number of likely N-dealkylation sites (tertiary alicyclic amines) is 1. The summed E-state index contributed by atoms with van der Waals surface area (Å²) in [5.41, 5.74) is 5.90. The van der Waals surface area contributed by atoms with Crippen LogP contribution in [0.4, 0.5) is 0 Å². The van der Waals surface area contributed by atoms with Crippen LogP contribution in [0.3, 0.4) is 0 Å². The standard InChI is InChI=1S/C14H25N3O3.ClH/c1-10(2)12(15)13(19)16-7-11(18)17-5-3-14(8-17)4-6-20-9-14;/h10,12H,3-9,15H2,1-2H3,(H,16,19);1H/t12-,14?;/m0./s1. The van der Waals surface area contributed by atoms with Crippen LogP contribution in [0.15, 0.2) is 0 Å². The zero-order chi connectivity index (χ0) is 14.8. The number of hydrogen-bond acceptors (Lipinski definition) is 4. The van der Waals surface area contributed by atoms with E-state index in [4.69, 9.17) is 10.5 Å². The van der Waals surface area contributed by atoms with Crippen molar-refractivity contribution in [2.45, 2.75) is 32.7 Å². The van der Waals surface area contributed by atoms with E-state index in [2.05, 4.69) is 5.32 Å². The largest absolute Gasteiger partial charge is 0.381 e. The van der Waals surface area contributed by atoms with Crippen LogP contribution in [0.25, 0.3) is 0 Å². The van der Waals surface area contributed by atoms with Gasteiger partial charge in [-0.2, -0.15) is 0 Å². The van der Waals surface area contributed by atoms with Crippen molar-refractivity contribution in [1.82, 2.24) is 10.2 Å². The molecule has 0 aliphatic carbocycles. The number of carbonyl (C=O) groups is 2. The van der Waals surface area contributed by atoms with E-state index in [1.165, 1.54) is 0 Å². The minimum atomic E-state index is -0.559. The van der Waals surface area contributed by atoms with Gasteiger partial charge < -0.3 is 20.7 Å². The molecule has 7 heteroatoms. The fourth-order valence-electron chi connectivity index (χ4n) is 2.81. The van der Waals surface area contributed by atoms with Crippen LogP contribution >= 0.6 is 12.4 Å². The first-order valence-electron chi connectivity index (χ1n) is 7.32. The first-order chi connectivity index (χ1) is 9.43. The van der Waals surface area contributed by atoms with Crippen molar-refractivity contribution in [2.24, 2.45) is 17.1 Å². The summed E-state index contributed by atoms with van der Waals surface area (Å²) in [7, 11) is 0. The summed E-state index contributed by atoms with van der Waals surface area (Å²) in [4.78, 5) is 25.7. The molecule has 2 fully saturated rings. The van der Waals surface area contributed by atoms with Crippen molar-refractivity contribution in [1.29, 1.82) is 0 Å². The SMILES string of the molecule is CC(C)[C@H](N)C(=O)NCC(=O)N1CCC2(CCOC2)C1.Cl. The summed E-state index contributed by atoms with van der Waals surface area (Å²) in [6, 6.07) is -0.559. The molecule has 0 aromatic heterocycles. The highest BCUT2D eigenvalue weighted by atomic mass is 35.5. The molecule has 0 radical (unpaired) electrons. The Balaban J connectivity index is 0.00000220. The lowest BCUT2D eigenvalue weighted by Crippen LogP contribution is -2.47. The average Bonchev–Trinajstić information content (AvgIpc) is 3.05. The van der Waals surface area contributed by atoms with E-state index in [-0.39, 0.29) is 42.1 Å². The fourth-order valence-corrected chi connectivity index (χ4v) is 2.81. The van der Waals surface area contributed by atoms with Crippen molar-refractivity contribution in [3.05, 3.63) is 0 Å². The normalized spacial score (nSPS) is 26.0. The Labute approximate surface area is 132 Å². The van der Waals surface area contributed by atoms with Crippen LogP contribution in [0.2, 0.25) is 0 Å². The molecule has 1 spiro atoms. The third kappa shape index (κ3) is 4.31. The van der Waals surface area contributed by atoms with Crippen LogP contribution in [-0.2, 0) is 14.3 Å². The van der Waals surface area contributed by atoms with Gasteiger partial charge in [-0.3, -0.25) is 9.59 Å². The lowest BCUT2D eigenvalue weighted by molar-refractivity contribution is -0.132. The summed E-state index contributed by atoms with van der Waals surface area (Å²) in [6.07, 6.45) is 2.03. The Bertz CT molecular complexity index is 384. The Morgan fingerprint density at radius 1 is 1.38 bits per heavy atom. The Kier molecular flexibility index (Phi) is 6.43. The van der Waals surface area contributed by atoms with Gasteiger partial charge in [0.05, 0.1) is 19.2 Å². The molecule has 3 N–H and O–H groups in total. The zero-order valence-electron chi connectivity index (χ0n) is 12.8. The van der Waals surface area contributed by atoms with Crippen molar-refractivity contribution >= 4 is 24.2 Å². The van der Waals surface area contributed by atoms with Gasteiger partial charge in [0, 0.05) is 25.1 Å². The molecular weight excluding hydrogens is 294 g/mol. The van der Waals surface area contributed by atoms with E-state index in [9.17, 15) is 9.59 Å². The molecule has 2 aliphatic heterocycles. The lowest BCUT2D eigenvalue weighted by atomic mass is 9.87. The van der Waals surface area contributed by atoms with Gasteiger partial charge in [0.25, 0.3) is 0 Å². The minimum Gasteiger partial charge on any atom is -0.381 e. The van der Waals surface area contributed by atoms with Gasteiger partial charge in [-0.1, -0.05) is 13.8 Å². The maximum Gasteiger partial charge on any atom is 0.241 e. The molecule has 2 atom stereocenters. The van der Waals surface area contributed by atoms with Gasteiger partial charge in [0.15, 0.2) is 0 Å². The van der Waals surface area contributed by atoms with Crippen LogP contribution in [-0.4, -0.2) is 55.6 Å². The van der Waals surface area contributed by atoms with E-state index in [0.717, 1.165) is 39.1 Å². The highest BCUT2D eigenvalue weighted by Crippen LogP contribution is 2.37. The third-order valence-electron chi connectivity index (χ3n) is 4.41. The van der Waals surface area contributed by atoms with E-state index in [1.807, 2.05) is 18.7 Å². The van der Waals surface area contributed by atoms with Crippen LogP contribution in [0.1, 0.15) is 26.7 Å². The van der Waals surface area contributed by atoms with Crippen molar-refractivity contribution in [3.63, 3.8) is 0 Å². The second-order valence-corrected chi connectivity index (χ2v) is 6.36. The van der Waals surface area contributed by atoms with Gasteiger partial charge in [0.2, 0.25) is 11.8 Å². The molecule has 0 saturated carbocycles. The molecule has 2 rings (SSSR count). The van der Waals surface area contributed by atoms with E-state index >= 15 is 0 Å². The molecular formula is C14H26ClN3O3. The maximum absolute atomic E-state index is 12.1. The van der Waals surface area contributed by atoms with Gasteiger partial charge in [0.1, 0.15) is 0 Å². The van der Waals surface area contributed by atoms with Crippen molar-refractivity contribution in [2.75, 3.05) is 32.8 Å². The molecule has 2 saturated heterocycles. The molecule has 2 aliphatic rings. The summed E-state index contributed by atoms with van der Waals surface area (Å²) >= 11 is 0. The van der Waals surface area contributed by atoms with Gasteiger partial charge in [-0.15, -0.1) is 12.4 Å². The Hall–Kier alpha value is -0.850. The number of nitrogens with two attached hydrogens (primary N) is 1. The minimum absolute atomic E-state index is 0. The molecule has 1 unspecified atom stereocenters. The number of rotatable bonds is 4. The molecule has 0 aromatic carbocycles. The second-order valence-electron chi connectivity index (χ2n) is 6.36. The topological polar surface area (TPSA) is 84.7 Å². The van der Waals surface area contributed by atoms with Gasteiger partial charge >= 0.3 is 0 Å². The van der Waals surface area contributed by atoms with Crippen molar-refractivity contribution in [3.8, 4) is 0 Å². The second kappa shape index (κ2) is 7.42. The summed E-state index contributed by atoms with van der Waals surface area (Å²) in [6.45, 7) is 6.86. The first-order valence-corrected chi connectivity index (χ1v) is 7.32. The quantitative estimate of drug-likeness (QED) is 0.772. The third-order valence-corrected chi connectivity index (χ3v) is 4.41. The molecule has 2 heterocycles. The number of nitrogens with zero attached hydrogens (tertiary/aromatic N) is 1. The molecule has 2 amide bonds. The fraction of sp³-hybridized carbons (Fsp3) is 0.857. The first kappa shape index (κ1) is 18.2. The number of hydrogen-bond donors (Lipinski definition) is 2.